The van der Waals surface area contributed by atoms with Crippen molar-refractivity contribution in [2.45, 2.75) is 19.4 Å². The van der Waals surface area contributed by atoms with Crippen LogP contribution in [0.2, 0.25) is 0 Å². The monoisotopic (exact) mass is 373 g/mol. The molecule has 0 amide bonds. The minimum absolute atomic E-state index is 0.173. The van der Waals surface area contributed by atoms with E-state index in [1.54, 1.807) is 26.4 Å². The Labute approximate surface area is 158 Å². The lowest BCUT2D eigenvalue weighted by Crippen LogP contribution is -2.23. The second-order valence-electron chi connectivity index (χ2n) is 6.88. The van der Waals surface area contributed by atoms with Gasteiger partial charge in [-0.3, -0.25) is 9.69 Å². The number of hydrogen-bond acceptors (Lipinski definition) is 4. The molecule has 0 bridgehead atoms. The lowest BCUT2D eigenvalue weighted by atomic mass is 9.89. The van der Waals surface area contributed by atoms with Gasteiger partial charge >= 0.3 is 5.97 Å². The van der Waals surface area contributed by atoms with Crippen LogP contribution >= 0.6 is 0 Å². The van der Waals surface area contributed by atoms with E-state index in [1.165, 1.54) is 12.1 Å². The van der Waals surface area contributed by atoms with Crippen molar-refractivity contribution < 1.29 is 23.8 Å². The van der Waals surface area contributed by atoms with Crippen molar-refractivity contribution in [2.75, 3.05) is 27.3 Å². The van der Waals surface area contributed by atoms with Gasteiger partial charge in [0, 0.05) is 36.7 Å². The Balaban J connectivity index is 1.83. The van der Waals surface area contributed by atoms with Gasteiger partial charge in [-0.2, -0.15) is 0 Å². The third-order valence-electron chi connectivity index (χ3n) is 5.27. The number of carboxylic acids is 1. The normalized spacial score (nSPS) is 19.9. The van der Waals surface area contributed by atoms with Crippen LogP contribution in [0.4, 0.5) is 4.39 Å². The second kappa shape index (κ2) is 7.96. The Morgan fingerprint density at radius 2 is 1.85 bits per heavy atom. The smallest absolute Gasteiger partial charge is 0.308 e. The summed E-state index contributed by atoms with van der Waals surface area (Å²) in [6, 6.07) is 9.97. The number of benzene rings is 2. The Morgan fingerprint density at radius 3 is 2.44 bits per heavy atom. The van der Waals surface area contributed by atoms with Gasteiger partial charge in [0.2, 0.25) is 0 Å². The largest absolute Gasteiger partial charge is 0.496 e. The van der Waals surface area contributed by atoms with Crippen molar-refractivity contribution in [1.29, 1.82) is 0 Å². The molecule has 27 heavy (non-hydrogen) atoms. The zero-order valence-corrected chi connectivity index (χ0v) is 15.7. The quantitative estimate of drug-likeness (QED) is 0.840. The number of hydrogen-bond donors (Lipinski definition) is 1. The van der Waals surface area contributed by atoms with E-state index in [0.717, 1.165) is 28.2 Å². The molecule has 1 fully saturated rings. The van der Waals surface area contributed by atoms with Gasteiger partial charge in [-0.05, 0) is 30.7 Å². The van der Waals surface area contributed by atoms with E-state index in [9.17, 15) is 14.3 Å². The zero-order chi connectivity index (χ0) is 19.6. The molecule has 144 valence electrons. The van der Waals surface area contributed by atoms with Crippen LogP contribution in [0.5, 0.6) is 11.5 Å². The standard InChI is InChI=1S/C21H24FNO4/c1-13-19(26-2)9-6-15(20(13)27-3)10-23-11-17(18(12-23)21(24)25)14-4-7-16(22)8-5-14/h4-9,17-18H,10-12H2,1-3H3,(H,24,25)/t17-,18+/m1/s1. The van der Waals surface area contributed by atoms with Gasteiger partial charge in [-0.1, -0.05) is 18.2 Å². The first kappa shape index (κ1) is 19.2. The highest BCUT2D eigenvalue weighted by Gasteiger charge is 2.38. The summed E-state index contributed by atoms with van der Waals surface area (Å²) < 4.78 is 24.1. The summed E-state index contributed by atoms with van der Waals surface area (Å²) >= 11 is 0. The summed E-state index contributed by atoms with van der Waals surface area (Å²) in [5.41, 5.74) is 2.76. The average Bonchev–Trinajstić information content (AvgIpc) is 3.07. The lowest BCUT2D eigenvalue weighted by molar-refractivity contribution is -0.141. The predicted octanol–water partition coefficient (Wildman–Crippen LogP) is 3.45. The van der Waals surface area contributed by atoms with E-state index < -0.39 is 11.9 Å². The van der Waals surface area contributed by atoms with Crippen LogP contribution in [0, 0.1) is 18.7 Å². The highest BCUT2D eigenvalue weighted by Crippen LogP contribution is 2.36. The Bertz CT molecular complexity index is 822. The number of likely N-dealkylation sites (tertiary alicyclic amines) is 1. The van der Waals surface area contributed by atoms with E-state index in [-0.39, 0.29) is 11.7 Å². The number of rotatable bonds is 6. The zero-order valence-electron chi connectivity index (χ0n) is 15.7. The van der Waals surface area contributed by atoms with Crippen molar-refractivity contribution in [3.05, 3.63) is 58.9 Å². The van der Waals surface area contributed by atoms with Crippen LogP contribution < -0.4 is 9.47 Å². The van der Waals surface area contributed by atoms with E-state index in [2.05, 4.69) is 4.90 Å². The molecule has 0 saturated carbocycles. The van der Waals surface area contributed by atoms with Gasteiger partial charge in [-0.25, -0.2) is 4.39 Å². The van der Waals surface area contributed by atoms with E-state index in [1.807, 2.05) is 19.1 Å². The first-order valence-electron chi connectivity index (χ1n) is 8.85. The van der Waals surface area contributed by atoms with Crippen LogP contribution in [0.3, 0.4) is 0 Å². The van der Waals surface area contributed by atoms with Gasteiger partial charge in [0.25, 0.3) is 0 Å². The fourth-order valence-corrected chi connectivity index (χ4v) is 3.91. The van der Waals surface area contributed by atoms with Crippen LogP contribution in [0.1, 0.15) is 22.6 Å². The second-order valence-corrected chi connectivity index (χ2v) is 6.88. The number of ether oxygens (including phenoxy) is 2. The molecule has 1 saturated heterocycles. The molecule has 0 spiro atoms. The molecule has 5 nitrogen and oxygen atoms in total. The molecule has 0 unspecified atom stereocenters. The van der Waals surface area contributed by atoms with Gasteiger partial charge in [0.05, 0.1) is 20.1 Å². The summed E-state index contributed by atoms with van der Waals surface area (Å²) in [6.45, 7) is 3.55. The van der Waals surface area contributed by atoms with Gasteiger partial charge in [0.15, 0.2) is 0 Å². The number of halogens is 1. The molecule has 0 aliphatic carbocycles. The summed E-state index contributed by atoms with van der Waals surface area (Å²) in [4.78, 5) is 13.9. The van der Waals surface area contributed by atoms with Crippen LogP contribution in [-0.4, -0.2) is 43.3 Å². The van der Waals surface area contributed by atoms with Crippen molar-refractivity contribution in [3.63, 3.8) is 0 Å². The number of carboxylic acid groups (broad SMARTS) is 1. The lowest BCUT2D eigenvalue weighted by Gasteiger charge is -2.20. The molecular formula is C21H24FNO4. The summed E-state index contributed by atoms with van der Waals surface area (Å²) in [5.74, 6) is -0.339. The minimum Gasteiger partial charge on any atom is -0.496 e. The fourth-order valence-electron chi connectivity index (χ4n) is 3.91. The van der Waals surface area contributed by atoms with Gasteiger partial charge < -0.3 is 14.6 Å². The first-order valence-corrected chi connectivity index (χ1v) is 8.85. The molecular weight excluding hydrogens is 349 g/mol. The molecule has 1 aliphatic rings. The maximum atomic E-state index is 13.2. The number of nitrogens with zero attached hydrogens (tertiary/aromatic N) is 1. The molecule has 3 rings (SSSR count). The van der Waals surface area contributed by atoms with Crippen LogP contribution in [0.15, 0.2) is 36.4 Å². The third kappa shape index (κ3) is 3.90. The van der Waals surface area contributed by atoms with Gasteiger partial charge in [-0.15, -0.1) is 0 Å². The molecule has 1 aliphatic heterocycles. The van der Waals surface area contributed by atoms with Crippen LogP contribution in [-0.2, 0) is 11.3 Å². The van der Waals surface area contributed by atoms with Crippen molar-refractivity contribution in [1.82, 2.24) is 4.90 Å². The molecule has 6 heteroatoms. The number of carbonyl (C=O) groups is 1. The molecule has 1 N–H and O–H groups in total. The number of aliphatic carboxylic acids is 1. The first-order chi connectivity index (χ1) is 12.9. The molecule has 2 aromatic carbocycles. The fraction of sp³-hybridized carbons (Fsp3) is 0.381. The Morgan fingerprint density at radius 1 is 1.15 bits per heavy atom. The summed E-state index contributed by atoms with van der Waals surface area (Å²) in [6.07, 6.45) is 0. The third-order valence-corrected chi connectivity index (χ3v) is 5.27. The SMILES string of the molecule is COc1ccc(CN2C[C@H](C(=O)O)[C@@H](c3ccc(F)cc3)C2)c(OC)c1C. The van der Waals surface area contributed by atoms with Crippen LogP contribution in [0.25, 0.3) is 0 Å². The molecule has 0 aromatic heterocycles. The maximum Gasteiger partial charge on any atom is 0.308 e. The minimum atomic E-state index is -0.829. The highest BCUT2D eigenvalue weighted by molar-refractivity contribution is 5.72. The number of methoxy groups -OCH3 is 2. The van der Waals surface area contributed by atoms with E-state index in [4.69, 9.17) is 9.47 Å². The van der Waals surface area contributed by atoms with E-state index >= 15 is 0 Å². The summed E-state index contributed by atoms with van der Waals surface area (Å²) in [5, 5.41) is 9.65. The van der Waals surface area contributed by atoms with Crippen molar-refractivity contribution in [3.8, 4) is 11.5 Å². The van der Waals surface area contributed by atoms with Gasteiger partial charge in [0.1, 0.15) is 17.3 Å². The Hall–Kier alpha value is -2.60. The highest BCUT2D eigenvalue weighted by atomic mass is 19.1. The molecule has 1 heterocycles. The Kier molecular flexibility index (Phi) is 5.65. The van der Waals surface area contributed by atoms with Crippen molar-refractivity contribution >= 4 is 5.97 Å². The van der Waals surface area contributed by atoms with E-state index in [0.29, 0.717) is 19.6 Å². The topological polar surface area (TPSA) is 59.0 Å². The molecule has 2 aromatic rings. The summed E-state index contributed by atoms with van der Waals surface area (Å²) in [7, 11) is 3.24. The average molecular weight is 373 g/mol. The molecule has 2 atom stereocenters. The van der Waals surface area contributed by atoms with Crippen molar-refractivity contribution in [2.24, 2.45) is 5.92 Å². The maximum absolute atomic E-state index is 13.2. The predicted molar refractivity (Wildman–Crippen MR) is 99.8 cm³/mol. The molecule has 0 radical (unpaired) electrons.